The van der Waals surface area contributed by atoms with Crippen molar-refractivity contribution in [2.24, 2.45) is 4.99 Å². The highest BCUT2D eigenvalue weighted by Gasteiger charge is 2.15. The SMILES string of the molecule is CCN(CCCNC(=NCC(=O)N(C)C)NCC1CCCO1)c1ccccc1. The van der Waals surface area contributed by atoms with Crippen molar-refractivity contribution in [1.29, 1.82) is 0 Å². The Morgan fingerprint density at radius 2 is 2.04 bits per heavy atom. The number of carbonyl (C=O) groups excluding carboxylic acids is 1. The highest BCUT2D eigenvalue weighted by atomic mass is 16.5. The van der Waals surface area contributed by atoms with Gasteiger partial charge in [-0.15, -0.1) is 0 Å². The van der Waals surface area contributed by atoms with E-state index in [0.29, 0.717) is 12.5 Å². The van der Waals surface area contributed by atoms with Crippen molar-refractivity contribution in [1.82, 2.24) is 15.5 Å². The second-order valence-corrected chi connectivity index (χ2v) is 7.16. The number of likely N-dealkylation sites (N-methyl/N-ethyl adjacent to an activating group) is 1. The number of hydrogen-bond donors (Lipinski definition) is 2. The van der Waals surface area contributed by atoms with Gasteiger partial charge in [-0.2, -0.15) is 0 Å². The maximum absolute atomic E-state index is 11.9. The quantitative estimate of drug-likeness (QED) is 0.362. The highest BCUT2D eigenvalue weighted by molar-refractivity contribution is 5.84. The normalized spacial score (nSPS) is 16.7. The summed E-state index contributed by atoms with van der Waals surface area (Å²) in [5.74, 6) is 0.660. The van der Waals surface area contributed by atoms with Gasteiger partial charge in [-0.3, -0.25) is 4.79 Å². The minimum atomic E-state index is -0.0144. The summed E-state index contributed by atoms with van der Waals surface area (Å²) in [5.41, 5.74) is 1.24. The van der Waals surface area contributed by atoms with Gasteiger partial charge < -0.3 is 25.2 Å². The van der Waals surface area contributed by atoms with Crippen LogP contribution in [0, 0.1) is 0 Å². The van der Waals surface area contributed by atoms with Crippen molar-refractivity contribution in [3.05, 3.63) is 30.3 Å². The summed E-state index contributed by atoms with van der Waals surface area (Å²) in [5, 5.41) is 6.67. The molecule has 28 heavy (non-hydrogen) atoms. The molecule has 1 fully saturated rings. The minimum absolute atomic E-state index is 0.0144. The summed E-state index contributed by atoms with van der Waals surface area (Å²) in [6, 6.07) is 10.5. The van der Waals surface area contributed by atoms with Gasteiger partial charge in [0, 0.05) is 52.6 Å². The van der Waals surface area contributed by atoms with E-state index < -0.39 is 0 Å². The van der Waals surface area contributed by atoms with Gasteiger partial charge in [0.25, 0.3) is 0 Å². The van der Waals surface area contributed by atoms with E-state index in [1.54, 1.807) is 19.0 Å². The molecule has 0 aromatic heterocycles. The van der Waals surface area contributed by atoms with Gasteiger partial charge in [0.05, 0.1) is 6.10 Å². The Morgan fingerprint density at radius 3 is 2.68 bits per heavy atom. The van der Waals surface area contributed by atoms with Crippen LogP contribution in [0.15, 0.2) is 35.3 Å². The molecule has 1 aromatic carbocycles. The van der Waals surface area contributed by atoms with E-state index in [9.17, 15) is 4.79 Å². The van der Waals surface area contributed by atoms with Crippen LogP contribution in [0.3, 0.4) is 0 Å². The number of aliphatic imine (C=N–C) groups is 1. The number of carbonyl (C=O) groups is 1. The second-order valence-electron chi connectivity index (χ2n) is 7.16. The van der Waals surface area contributed by atoms with Crippen LogP contribution in [0.2, 0.25) is 0 Å². The maximum Gasteiger partial charge on any atom is 0.243 e. The molecule has 0 spiro atoms. The number of hydrogen-bond acceptors (Lipinski definition) is 4. The first-order valence-corrected chi connectivity index (χ1v) is 10.2. The first-order valence-electron chi connectivity index (χ1n) is 10.2. The molecular formula is C21H35N5O2. The van der Waals surface area contributed by atoms with Crippen molar-refractivity contribution in [2.45, 2.75) is 32.3 Å². The Kier molecular flexibility index (Phi) is 9.62. The zero-order chi connectivity index (χ0) is 20.2. The molecule has 2 N–H and O–H groups in total. The van der Waals surface area contributed by atoms with Crippen molar-refractivity contribution in [3.8, 4) is 0 Å². The fourth-order valence-electron chi connectivity index (χ4n) is 3.06. The monoisotopic (exact) mass is 389 g/mol. The van der Waals surface area contributed by atoms with Gasteiger partial charge in [0.2, 0.25) is 5.91 Å². The van der Waals surface area contributed by atoms with E-state index in [4.69, 9.17) is 4.74 Å². The molecule has 1 aliphatic rings. The molecule has 1 heterocycles. The smallest absolute Gasteiger partial charge is 0.243 e. The lowest BCUT2D eigenvalue weighted by Gasteiger charge is -2.23. The van der Waals surface area contributed by atoms with Gasteiger partial charge in [-0.1, -0.05) is 18.2 Å². The summed E-state index contributed by atoms with van der Waals surface area (Å²) < 4.78 is 5.66. The number of nitrogens with zero attached hydrogens (tertiary/aromatic N) is 3. The Balaban J connectivity index is 1.80. The van der Waals surface area contributed by atoms with E-state index in [0.717, 1.165) is 45.5 Å². The third-order valence-electron chi connectivity index (χ3n) is 4.79. The third kappa shape index (κ3) is 7.76. The molecule has 0 aliphatic carbocycles. The van der Waals surface area contributed by atoms with Crippen LogP contribution in [-0.4, -0.2) is 76.3 Å². The summed E-state index contributed by atoms with van der Waals surface area (Å²) in [7, 11) is 3.49. The van der Waals surface area contributed by atoms with Crippen LogP contribution in [0.1, 0.15) is 26.2 Å². The number of rotatable bonds is 10. The molecule has 1 amide bonds. The molecule has 1 aromatic rings. The fourth-order valence-corrected chi connectivity index (χ4v) is 3.06. The van der Waals surface area contributed by atoms with Gasteiger partial charge in [-0.05, 0) is 38.3 Å². The number of para-hydroxylation sites is 1. The molecule has 1 aliphatic heterocycles. The molecule has 156 valence electrons. The van der Waals surface area contributed by atoms with Gasteiger partial charge in [0.15, 0.2) is 5.96 Å². The number of ether oxygens (including phenoxy) is 1. The van der Waals surface area contributed by atoms with E-state index in [1.807, 2.05) is 6.07 Å². The van der Waals surface area contributed by atoms with Crippen molar-refractivity contribution in [2.75, 3.05) is 58.3 Å². The predicted molar refractivity (Wildman–Crippen MR) is 115 cm³/mol. The lowest BCUT2D eigenvalue weighted by Crippen LogP contribution is -2.42. The Hall–Kier alpha value is -2.28. The first-order chi connectivity index (χ1) is 13.6. The van der Waals surface area contributed by atoms with E-state index in [2.05, 4.69) is 51.7 Å². The topological polar surface area (TPSA) is 69.2 Å². The van der Waals surface area contributed by atoms with Crippen molar-refractivity contribution < 1.29 is 9.53 Å². The average molecular weight is 390 g/mol. The Morgan fingerprint density at radius 1 is 1.25 bits per heavy atom. The zero-order valence-electron chi connectivity index (χ0n) is 17.5. The number of amides is 1. The first kappa shape index (κ1) is 22.0. The van der Waals surface area contributed by atoms with E-state index in [1.165, 1.54) is 5.69 Å². The van der Waals surface area contributed by atoms with Crippen LogP contribution in [0.5, 0.6) is 0 Å². The summed E-state index contributed by atoms with van der Waals surface area (Å²) in [6.45, 7) is 6.58. The summed E-state index contributed by atoms with van der Waals surface area (Å²) in [4.78, 5) is 20.2. The number of benzene rings is 1. The van der Waals surface area contributed by atoms with Gasteiger partial charge in [-0.25, -0.2) is 4.99 Å². The molecule has 1 atom stereocenters. The predicted octanol–water partition coefficient (Wildman–Crippen LogP) is 1.71. The molecule has 2 rings (SSSR count). The van der Waals surface area contributed by atoms with Crippen LogP contribution in [-0.2, 0) is 9.53 Å². The van der Waals surface area contributed by atoms with Crippen LogP contribution >= 0.6 is 0 Å². The van der Waals surface area contributed by atoms with Crippen molar-refractivity contribution >= 4 is 17.6 Å². The standard InChI is InChI=1S/C21H35N5O2/c1-4-26(18-10-6-5-7-11-18)14-9-13-22-21(24-17-20(27)25(2)3)23-16-19-12-8-15-28-19/h5-7,10-11,19H,4,8-9,12-17H2,1-3H3,(H2,22,23,24). The number of anilines is 1. The van der Waals surface area contributed by atoms with Crippen molar-refractivity contribution in [3.63, 3.8) is 0 Å². The lowest BCUT2D eigenvalue weighted by atomic mass is 10.2. The number of guanidine groups is 1. The molecule has 0 radical (unpaired) electrons. The molecule has 7 heteroatoms. The maximum atomic E-state index is 11.9. The largest absolute Gasteiger partial charge is 0.376 e. The van der Waals surface area contributed by atoms with Gasteiger partial charge in [0.1, 0.15) is 6.54 Å². The van der Waals surface area contributed by atoms with E-state index in [-0.39, 0.29) is 18.6 Å². The molecule has 1 unspecified atom stereocenters. The second kappa shape index (κ2) is 12.2. The van der Waals surface area contributed by atoms with Crippen LogP contribution in [0.4, 0.5) is 5.69 Å². The summed E-state index contributed by atoms with van der Waals surface area (Å²) >= 11 is 0. The molecule has 0 saturated carbocycles. The van der Waals surface area contributed by atoms with E-state index >= 15 is 0 Å². The minimum Gasteiger partial charge on any atom is -0.376 e. The molecular weight excluding hydrogens is 354 g/mol. The third-order valence-corrected chi connectivity index (χ3v) is 4.79. The van der Waals surface area contributed by atoms with Crippen LogP contribution < -0.4 is 15.5 Å². The average Bonchev–Trinajstić information content (AvgIpc) is 3.23. The number of nitrogens with one attached hydrogen (secondary N) is 2. The highest BCUT2D eigenvalue weighted by Crippen LogP contribution is 2.13. The Labute approximate surface area is 169 Å². The fraction of sp³-hybridized carbons (Fsp3) is 0.619. The molecule has 0 bridgehead atoms. The van der Waals surface area contributed by atoms with Gasteiger partial charge >= 0.3 is 0 Å². The molecule has 7 nitrogen and oxygen atoms in total. The lowest BCUT2D eigenvalue weighted by molar-refractivity contribution is -0.127. The zero-order valence-corrected chi connectivity index (χ0v) is 17.5. The Bertz CT molecular complexity index is 600. The molecule has 1 saturated heterocycles. The van der Waals surface area contributed by atoms with Crippen LogP contribution in [0.25, 0.3) is 0 Å². The summed E-state index contributed by atoms with van der Waals surface area (Å²) in [6.07, 6.45) is 3.38.